The number of halogens is 1. The van der Waals surface area contributed by atoms with Crippen LogP contribution in [0.5, 0.6) is 5.75 Å². The summed E-state index contributed by atoms with van der Waals surface area (Å²) in [6.07, 6.45) is 1.68. The first-order valence-corrected chi connectivity index (χ1v) is 7.38. The molecule has 1 aliphatic carbocycles. The van der Waals surface area contributed by atoms with Crippen LogP contribution < -0.4 is 4.74 Å². The van der Waals surface area contributed by atoms with Gasteiger partial charge in [0.05, 0.1) is 6.10 Å². The van der Waals surface area contributed by atoms with Gasteiger partial charge in [0.25, 0.3) is 0 Å². The molecule has 1 N–H and O–H groups in total. The number of hydrogen-bond acceptors (Lipinski definition) is 2. The monoisotopic (exact) mass is 280 g/mol. The molecule has 0 aliphatic heterocycles. The van der Waals surface area contributed by atoms with Gasteiger partial charge >= 0.3 is 0 Å². The summed E-state index contributed by atoms with van der Waals surface area (Å²) in [4.78, 5) is 0. The highest BCUT2D eigenvalue weighted by atomic mass is 19.1. The second-order valence-electron chi connectivity index (χ2n) is 7.03. The quantitative estimate of drug-likeness (QED) is 0.884. The predicted octanol–water partition coefficient (Wildman–Crippen LogP) is 4.09. The van der Waals surface area contributed by atoms with Crippen molar-refractivity contribution in [1.82, 2.24) is 0 Å². The number of benzene rings is 1. The zero-order chi connectivity index (χ0) is 14.9. The van der Waals surface area contributed by atoms with Crippen LogP contribution in [0, 0.1) is 24.1 Å². The summed E-state index contributed by atoms with van der Waals surface area (Å²) in [6, 6.07) is 4.83. The molecule has 2 nitrogen and oxygen atoms in total. The molecule has 0 spiro atoms. The maximum absolute atomic E-state index is 13.8. The lowest BCUT2D eigenvalue weighted by Crippen LogP contribution is -2.41. The Bertz CT molecular complexity index is 465. The van der Waals surface area contributed by atoms with E-state index in [1.807, 2.05) is 6.92 Å². The zero-order valence-corrected chi connectivity index (χ0v) is 12.8. The highest BCUT2D eigenvalue weighted by molar-refractivity contribution is 5.29. The molecule has 2 rings (SSSR count). The van der Waals surface area contributed by atoms with E-state index in [4.69, 9.17) is 4.74 Å². The average Bonchev–Trinajstić information content (AvgIpc) is 2.35. The van der Waals surface area contributed by atoms with Crippen LogP contribution in [0.1, 0.15) is 45.6 Å². The van der Waals surface area contributed by atoms with E-state index in [1.165, 1.54) is 6.07 Å². The lowest BCUT2D eigenvalue weighted by Gasteiger charge is -2.40. The molecule has 0 saturated heterocycles. The molecule has 1 saturated carbocycles. The lowest BCUT2D eigenvalue weighted by molar-refractivity contribution is -0.0311. The molecule has 1 aromatic rings. The summed E-state index contributed by atoms with van der Waals surface area (Å²) < 4.78 is 19.6. The summed E-state index contributed by atoms with van der Waals surface area (Å²) in [5, 5.41) is 10.1. The molecule has 0 aromatic heterocycles. The number of rotatable bonds is 2. The van der Waals surface area contributed by atoms with Gasteiger partial charge < -0.3 is 9.84 Å². The Labute approximate surface area is 121 Å². The van der Waals surface area contributed by atoms with Crippen molar-refractivity contribution in [3.8, 4) is 5.75 Å². The fraction of sp³-hybridized carbons (Fsp3) is 0.647. The van der Waals surface area contributed by atoms with Crippen LogP contribution in [0.2, 0.25) is 0 Å². The standard InChI is InChI=1S/C17H25FO2/c1-11-5-7-13(18)15(9-11)20-16-10-12(17(2,3)4)6-8-14(16)19/h5,7,9,12,14,16,19H,6,8,10H2,1-4H3. The fourth-order valence-corrected chi connectivity index (χ4v) is 2.89. The van der Waals surface area contributed by atoms with Crippen LogP contribution >= 0.6 is 0 Å². The summed E-state index contributed by atoms with van der Waals surface area (Å²) in [7, 11) is 0. The normalized spacial score (nSPS) is 27.4. The van der Waals surface area contributed by atoms with Gasteiger partial charge in [-0.3, -0.25) is 0 Å². The molecular weight excluding hydrogens is 255 g/mol. The highest BCUT2D eigenvalue weighted by Gasteiger charge is 2.36. The molecule has 0 radical (unpaired) electrons. The average molecular weight is 280 g/mol. The molecule has 3 unspecified atom stereocenters. The van der Waals surface area contributed by atoms with Gasteiger partial charge in [0.15, 0.2) is 11.6 Å². The smallest absolute Gasteiger partial charge is 0.165 e. The maximum atomic E-state index is 13.8. The van der Waals surface area contributed by atoms with Crippen molar-refractivity contribution < 1.29 is 14.2 Å². The number of aliphatic hydroxyl groups excluding tert-OH is 1. The molecule has 1 aromatic carbocycles. The Morgan fingerprint density at radius 3 is 2.60 bits per heavy atom. The van der Waals surface area contributed by atoms with Gasteiger partial charge in [0.1, 0.15) is 6.10 Å². The minimum absolute atomic E-state index is 0.187. The van der Waals surface area contributed by atoms with Gasteiger partial charge in [0, 0.05) is 0 Å². The largest absolute Gasteiger partial charge is 0.485 e. The van der Waals surface area contributed by atoms with Gasteiger partial charge in [-0.1, -0.05) is 26.8 Å². The topological polar surface area (TPSA) is 29.5 Å². The molecular formula is C17H25FO2. The van der Waals surface area contributed by atoms with Crippen LogP contribution in [0.25, 0.3) is 0 Å². The van der Waals surface area contributed by atoms with E-state index in [9.17, 15) is 9.50 Å². The zero-order valence-electron chi connectivity index (χ0n) is 12.8. The number of aliphatic hydroxyl groups is 1. The minimum atomic E-state index is -0.506. The van der Waals surface area contributed by atoms with Crippen molar-refractivity contribution in [3.05, 3.63) is 29.6 Å². The van der Waals surface area contributed by atoms with E-state index in [0.717, 1.165) is 24.8 Å². The van der Waals surface area contributed by atoms with E-state index >= 15 is 0 Å². The third kappa shape index (κ3) is 3.51. The van der Waals surface area contributed by atoms with Gasteiger partial charge in [-0.25, -0.2) is 4.39 Å². The van der Waals surface area contributed by atoms with Gasteiger partial charge in [-0.05, 0) is 55.2 Å². The van der Waals surface area contributed by atoms with Crippen molar-refractivity contribution in [2.45, 2.75) is 59.2 Å². The molecule has 0 bridgehead atoms. The number of ether oxygens (including phenoxy) is 1. The molecule has 3 heteroatoms. The summed E-state index contributed by atoms with van der Waals surface area (Å²) in [5.74, 6) is 0.382. The SMILES string of the molecule is Cc1ccc(F)c(OC2CC(C(C)(C)C)CCC2O)c1. The van der Waals surface area contributed by atoms with Crippen LogP contribution in [0.4, 0.5) is 4.39 Å². The van der Waals surface area contributed by atoms with Crippen molar-refractivity contribution in [1.29, 1.82) is 0 Å². The summed E-state index contributed by atoms with van der Waals surface area (Å²) in [5.41, 5.74) is 1.14. The highest BCUT2D eigenvalue weighted by Crippen LogP contribution is 2.39. The van der Waals surface area contributed by atoms with Crippen molar-refractivity contribution in [3.63, 3.8) is 0 Å². The van der Waals surface area contributed by atoms with Crippen LogP contribution in [-0.2, 0) is 0 Å². The molecule has 112 valence electrons. The Balaban J connectivity index is 2.12. The predicted molar refractivity (Wildman–Crippen MR) is 78.4 cm³/mol. The maximum Gasteiger partial charge on any atom is 0.165 e. The van der Waals surface area contributed by atoms with Crippen LogP contribution in [-0.4, -0.2) is 17.3 Å². The first kappa shape index (κ1) is 15.3. The first-order chi connectivity index (χ1) is 9.27. The van der Waals surface area contributed by atoms with E-state index in [-0.39, 0.29) is 23.1 Å². The number of aryl methyl sites for hydroxylation is 1. The first-order valence-electron chi connectivity index (χ1n) is 7.38. The van der Waals surface area contributed by atoms with Crippen molar-refractivity contribution in [2.24, 2.45) is 11.3 Å². The molecule has 1 aliphatic rings. The van der Waals surface area contributed by atoms with Crippen molar-refractivity contribution in [2.75, 3.05) is 0 Å². The Morgan fingerprint density at radius 2 is 1.95 bits per heavy atom. The second kappa shape index (κ2) is 5.72. The molecule has 0 amide bonds. The van der Waals surface area contributed by atoms with Crippen LogP contribution in [0.3, 0.4) is 0 Å². The molecule has 20 heavy (non-hydrogen) atoms. The summed E-state index contributed by atoms with van der Waals surface area (Å²) in [6.45, 7) is 8.53. The second-order valence-corrected chi connectivity index (χ2v) is 7.03. The van der Waals surface area contributed by atoms with E-state index in [2.05, 4.69) is 20.8 Å². The van der Waals surface area contributed by atoms with Crippen LogP contribution in [0.15, 0.2) is 18.2 Å². The third-order valence-corrected chi connectivity index (χ3v) is 4.35. The van der Waals surface area contributed by atoms with Gasteiger partial charge in [-0.15, -0.1) is 0 Å². The van der Waals surface area contributed by atoms with Gasteiger partial charge in [0.2, 0.25) is 0 Å². The molecule has 0 heterocycles. The Hall–Kier alpha value is -1.09. The van der Waals surface area contributed by atoms with E-state index in [0.29, 0.717) is 5.92 Å². The summed E-state index contributed by atoms with van der Waals surface area (Å²) >= 11 is 0. The molecule has 1 fully saturated rings. The third-order valence-electron chi connectivity index (χ3n) is 4.35. The van der Waals surface area contributed by atoms with E-state index in [1.54, 1.807) is 12.1 Å². The Kier molecular flexibility index (Phi) is 4.38. The van der Waals surface area contributed by atoms with Gasteiger partial charge in [-0.2, -0.15) is 0 Å². The Morgan fingerprint density at radius 1 is 1.25 bits per heavy atom. The van der Waals surface area contributed by atoms with E-state index < -0.39 is 6.10 Å². The molecule has 3 atom stereocenters. The minimum Gasteiger partial charge on any atom is -0.485 e. The lowest BCUT2D eigenvalue weighted by atomic mass is 9.71. The number of hydrogen-bond donors (Lipinski definition) is 1. The fourth-order valence-electron chi connectivity index (χ4n) is 2.89. The van der Waals surface area contributed by atoms with Crippen molar-refractivity contribution >= 4 is 0 Å².